The van der Waals surface area contributed by atoms with E-state index in [-0.39, 0.29) is 5.41 Å². The van der Waals surface area contributed by atoms with Gasteiger partial charge in [-0.2, -0.15) is 0 Å². The van der Waals surface area contributed by atoms with Gasteiger partial charge in [-0.15, -0.1) is 22.7 Å². The number of fused-ring (bicyclic) bond motifs is 5. The highest BCUT2D eigenvalue weighted by Gasteiger charge is 2.20. The molecule has 0 saturated heterocycles. The second-order valence-electron chi connectivity index (χ2n) is 17.0. The third-order valence-electron chi connectivity index (χ3n) is 12.0. The van der Waals surface area contributed by atoms with Gasteiger partial charge in [0, 0.05) is 52.7 Å². The van der Waals surface area contributed by atoms with Gasteiger partial charge < -0.3 is 9.47 Å². The van der Waals surface area contributed by atoms with Gasteiger partial charge in [-0.25, -0.2) is 0 Å². The van der Waals surface area contributed by atoms with Crippen molar-refractivity contribution in [2.24, 2.45) is 0 Å². The highest BCUT2D eigenvalue weighted by Crippen LogP contribution is 2.41. The Morgan fingerprint density at radius 1 is 0.574 bits per heavy atom. The Kier molecular flexibility index (Phi) is 10.1. The Labute approximate surface area is 367 Å². The van der Waals surface area contributed by atoms with Crippen LogP contribution in [0.2, 0.25) is 0 Å². The summed E-state index contributed by atoms with van der Waals surface area (Å²) in [4.78, 5) is 5.03. The molecule has 0 unspecified atom stereocenters. The zero-order valence-electron chi connectivity index (χ0n) is 35.3. The van der Waals surface area contributed by atoms with Crippen LogP contribution in [0, 0.1) is 6.92 Å². The Morgan fingerprint density at radius 2 is 1.18 bits per heavy atom. The summed E-state index contributed by atoms with van der Waals surface area (Å²) >= 11 is 3.76. The van der Waals surface area contributed by atoms with E-state index in [1.807, 2.05) is 22.7 Å². The van der Waals surface area contributed by atoms with Crippen molar-refractivity contribution in [3.05, 3.63) is 208 Å². The smallest absolute Gasteiger partial charge is 0.0541 e. The number of hydrogen-bond donors (Lipinski definition) is 0. The van der Waals surface area contributed by atoms with Crippen LogP contribution in [-0.2, 0) is 11.8 Å². The Hall–Kier alpha value is -6.46. The van der Waals surface area contributed by atoms with Crippen LogP contribution in [0.4, 0.5) is 11.4 Å². The zero-order chi connectivity index (χ0) is 41.7. The SMILES string of the molecule is C/C(=C/c1sc2ccccc2c1C/C=C\c1sc2ccccc2c1C)N(c1ccccc1)c1cccc(-c2ccc3c(c2)c2cc(C(C)(C)C)ccc2n3-c2ccccc2)c1. The van der Waals surface area contributed by atoms with Crippen molar-refractivity contribution < 1.29 is 0 Å². The Balaban J connectivity index is 1.05. The van der Waals surface area contributed by atoms with Crippen molar-refractivity contribution in [1.29, 1.82) is 0 Å². The number of nitrogens with zero attached hydrogens (tertiary/aromatic N) is 2. The topological polar surface area (TPSA) is 8.17 Å². The minimum atomic E-state index is 0.0414. The molecule has 4 heteroatoms. The summed E-state index contributed by atoms with van der Waals surface area (Å²) in [5.74, 6) is 0. The number of aryl methyl sites for hydroxylation is 1. The maximum absolute atomic E-state index is 2.41. The number of para-hydroxylation sites is 2. The average Bonchev–Trinajstić information content (AvgIpc) is 3.92. The molecule has 0 aliphatic carbocycles. The largest absolute Gasteiger partial charge is 0.314 e. The van der Waals surface area contributed by atoms with Crippen LogP contribution < -0.4 is 4.90 Å². The van der Waals surface area contributed by atoms with Gasteiger partial charge >= 0.3 is 0 Å². The van der Waals surface area contributed by atoms with E-state index < -0.39 is 0 Å². The van der Waals surface area contributed by atoms with Crippen LogP contribution in [0.3, 0.4) is 0 Å². The first kappa shape index (κ1) is 38.7. The lowest BCUT2D eigenvalue weighted by Crippen LogP contribution is -2.14. The van der Waals surface area contributed by atoms with Crippen molar-refractivity contribution in [3.8, 4) is 16.8 Å². The van der Waals surface area contributed by atoms with Gasteiger partial charge in [-0.05, 0) is 149 Å². The summed E-state index contributed by atoms with van der Waals surface area (Å²) in [7, 11) is 0. The first-order valence-electron chi connectivity index (χ1n) is 21.1. The molecule has 3 heterocycles. The van der Waals surface area contributed by atoms with E-state index in [1.165, 1.54) is 85.2 Å². The number of benzene rings is 7. The van der Waals surface area contributed by atoms with E-state index in [4.69, 9.17) is 0 Å². The van der Waals surface area contributed by atoms with E-state index in [2.05, 4.69) is 232 Å². The lowest BCUT2D eigenvalue weighted by atomic mass is 9.86. The fraction of sp³-hybridized carbons (Fsp3) is 0.123. The summed E-state index contributed by atoms with van der Waals surface area (Å²) < 4.78 is 5.07. The van der Waals surface area contributed by atoms with Crippen molar-refractivity contribution >= 4 is 88.2 Å². The lowest BCUT2D eigenvalue weighted by Gasteiger charge is -2.26. The highest BCUT2D eigenvalue weighted by atomic mass is 32.1. The molecule has 0 bridgehead atoms. The number of hydrogen-bond acceptors (Lipinski definition) is 3. The van der Waals surface area contributed by atoms with Gasteiger partial charge in [-0.1, -0.05) is 124 Å². The minimum absolute atomic E-state index is 0.0414. The summed E-state index contributed by atoms with van der Waals surface area (Å²) in [5, 5.41) is 5.22. The van der Waals surface area contributed by atoms with Crippen LogP contribution in [0.25, 0.3) is 70.9 Å². The summed E-state index contributed by atoms with van der Waals surface area (Å²) in [6, 6.07) is 62.2. The van der Waals surface area contributed by atoms with Gasteiger partial charge in [-0.3, -0.25) is 0 Å². The third kappa shape index (κ3) is 7.30. The second-order valence-corrected chi connectivity index (χ2v) is 19.2. The molecular weight excluding hydrogens is 777 g/mol. The molecule has 0 fully saturated rings. The van der Waals surface area contributed by atoms with E-state index in [0.29, 0.717) is 0 Å². The van der Waals surface area contributed by atoms with Gasteiger partial charge in [0.25, 0.3) is 0 Å². The minimum Gasteiger partial charge on any atom is -0.314 e. The van der Waals surface area contributed by atoms with Crippen molar-refractivity contribution in [2.75, 3.05) is 4.90 Å². The molecular formula is C57H48N2S2. The van der Waals surface area contributed by atoms with Crippen LogP contribution in [0.5, 0.6) is 0 Å². The standard InChI is InChI=1S/C57H48N2S2/c1-38(34-56-48(47-25-13-15-28-55(47)61-56)26-17-29-53-39(2)46-24-12-14-27-54(46)60-53)58(43-19-8-6-9-20-43)45-23-16-18-40(35-45)41-30-32-51-49(36-41)50-37-42(57(3,4)5)31-33-52(50)59(51)44-21-10-7-11-22-44/h6-25,27-37H,26H2,1-5H3/b29-17-,38-34-. The Morgan fingerprint density at radius 3 is 1.92 bits per heavy atom. The highest BCUT2D eigenvalue weighted by molar-refractivity contribution is 7.20. The number of aromatic nitrogens is 1. The van der Waals surface area contributed by atoms with E-state index in [1.54, 1.807) is 0 Å². The van der Waals surface area contributed by atoms with Crippen LogP contribution in [-0.4, -0.2) is 4.57 Å². The molecule has 10 rings (SSSR count). The predicted octanol–water partition coefficient (Wildman–Crippen LogP) is 16.9. The quantitative estimate of drug-likeness (QED) is 0.141. The number of allylic oxidation sites excluding steroid dienone is 2. The van der Waals surface area contributed by atoms with E-state index in [0.717, 1.165) is 23.5 Å². The molecule has 0 radical (unpaired) electrons. The monoisotopic (exact) mass is 824 g/mol. The van der Waals surface area contributed by atoms with Crippen LogP contribution in [0.15, 0.2) is 182 Å². The molecule has 0 atom stereocenters. The molecule has 7 aromatic carbocycles. The lowest BCUT2D eigenvalue weighted by molar-refractivity contribution is 0.591. The van der Waals surface area contributed by atoms with Gasteiger partial charge in [0.05, 0.1) is 11.0 Å². The van der Waals surface area contributed by atoms with Gasteiger partial charge in [0.15, 0.2) is 0 Å². The molecule has 0 saturated carbocycles. The maximum Gasteiger partial charge on any atom is 0.0541 e. The number of thiophene rings is 2. The summed E-state index contributed by atoms with van der Waals surface area (Å²) in [5.41, 5.74) is 13.5. The van der Waals surface area contributed by atoms with Crippen LogP contribution in [0.1, 0.15) is 54.1 Å². The molecule has 61 heavy (non-hydrogen) atoms. The summed E-state index contributed by atoms with van der Waals surface area (Å²) in [6.45, 7) is 11.4. The number of anilines is 2. The molecule has 0 N–H and O–H groups in total. The van der Waals surface area contributed by atoms with E-state index >= 15 is 0 Å². The number of rotatable bonds is 9. The van der Waals surface area contributed by atoms with Crippen molar-refractivity contribution in [1.82, 2.24) is 4.57 Å². The first-order chi connectivity index (χ1) is 29.7. The van der Waals surface area contributed by atoms with Crippen LogP contribution >= 0.6 is 22.7 Å². The first-order valence-corrected chi connectivity index (χ1v) is 22.8. The zero-order valence-corrected chi connectivity index (χ0v) is 36.9. The fourth-order valence-electron chi connectivity index (χ4n) is 8.82. The second kappa shape index (κ2) is 15.9. The van der Waals surface area contributed by atoms with Gasteiger partial charge in [0.2, 0.25) is 0 Å². The fourth-order valence-corrected chi connectivity index (χ4v) is 11.2. The predicted molar refractivity (Wildman–Crippen MR) is 268 cm³/mol. The molecule has 298 valence electrons. The molecule has 10 aromatic rings. The average molecular weight is 825 g/mol. The molecule has 0 aliphatic heterocycles. The molecule has 3 aromatic heterocycles. The van der Waals surface area contributed by atoms with Gasteiger partial charge in [0.1, 0.15) is 0 Å². The third-order valence-corrected chi connectivity index (χ3v) is 14.4. The molecule has 0 amide bonds. The van der Waals surface area contributed by atoms with Crippen molar-refractivity contribution in [3.63, 3.8) is 0 Å². The molecule has 0 aliphatic rings. The molecule has 2 nitrogen and oxygen atoms in total. The van der Waals surface area contributed by atoms with E-state index in [9.17, 15) is 0 Å². The van der Waals surface area contributed by atoms with Crippen molar-refractivity contribution in [2.45, 2.75) is 46.5 Å². The molecule has 0 spiro atoms. The normalized spacial score (nSPS) is 12.4. The Bertz CT molecular complexity index is 3280. The maximum atomic E-state index is 2.41. The summed E-state index contributed by atoms with van der Waals surface area (Å²) in [6.07, 6.45) is 7.94.